The molecule has 68 heavy (non-hydrogen) atoms. The molecule has 0 heterocycles. The van der Waals surface area contributed by atoms with Gasteiger partial charge in [-0.25, -0.2) is 0 Å². The normalized spacial score (nSPS) is 12.6. The smallest absolute Gasteiger partial charge is 0.305 e. The summed E-state index contributed by atoms with van der Waals surface area (Å²) in [6.07, 6.45) is 69.3. The van der Waals surface area contributed by atoms with Crippen LogP contribution in [0.25, 0.3) is 0 Å². The van der Waals surface area contributed by atoms with Gasteiger partial charge in [0.1, 0.15) is 0 Å². The van der Waals surface area contributed by atoms with Crippen LogP contribution in [0.4, 0.5) is 0 Å². The van der Waals surface area contributed by atoms with E-state index in [1.54, 1.807) is 0 Å². The molecule has 0 saturated carbocycles. The first-order valence-electron chi connectivity index (χ1n) is 30.9. The first-order valence-corrected chi connectivity index (χ1v) is 30.9. The van der Waals surface area contributed by atoms with Crippen molar-refractivity contribution in [3.63, 3.8) is 0 Å². The number of amides is 1. The lowest BCUT2D eigenvalue weighted by Gasteiger charge is -2.22. The van der Waals surface area contributed by atoms with Gasteiger partial charge in [-0.2, -0.15) is 0 Å². The van der Waals surface area contributed by atoms with E-state index in [1.165, 1.54) is 276 Å². The number of hydrogen-bond donors (Lipinski definition) is 3. The second-order valence-electron chi connectivity index (χ2n) is 21.4. The Morgan fingerprint density at radius 1 is 0.397 bits per heavy atom. The number of allylic oxidation sites excluding steroid dienone is 2. The zero-order valence-electron chi connectivity index (χ0n) is 46.1. The number of ether oxygens (including phenoxy) is 1. The van der Waals surface area contributed by atoms with Crippen LogP contribution in [0.15, 0.2) is 12.2 Å². The molecular formula is C62H121NO5. The summed E-state index contributed by atoms with van der Waals surface area (Å²) in [5.74, 6) is -0.0249. The SMILES string of the molecule is CCCCCCCCCCCCCCCCC(=O)OCCCCCCCCCCCCCC/C=C\CCCCCCCCCC(=O)NC(CO)C(O)CCCCCCCCCCCCCCCC. The van der Waals surface area contributed by atoms with Crippen LogP contribution >= 0.6 is 0 Å². The Bertz CT molecular complexity index is 1020. The topological polar surface area (TPSA) is 95.9 Å². The van der Waals surface area contributed by atoms with Crippen molar-refractivity contribution in [1.29, 1.82) is 0 Å². The molecule has 0 aliphatic carbocycles. The number of unbranched alkanes of at least 4 members (excludes halogenated alkanes) is 45. The van der Waals surface area contributed by atoms with Crippen LogP contribution in [0.3, 0.4) is 0 Å². The minimum Gasteiger partial charge on any atom is -0.466 e. The Morgan fingerprint density at radius 3 is 1.04 bits per heavy atom. The summed E-state index contributed by atoms with van der Waals surface area (Å²) < 4.78 is 5.48. The number of esters is 1. The van der Waals surface area contributed by atoms with Gasteiger partial charge >= 0.3 is 5.97 Å². The molecular weight excluding hydrogens is 839 g/mol. The van der Waals surface area contributed by atoms with E-state index in [0.29, 0.717) is 25.9 Å². The highest BCUT2D eigenvalue weighted by atomic mass is 16.5. The molecule has 6 heteroatoms. The van der Waals surface area contributed by atoms with Crippen molar-refractivity contribution >= 4 is 11.9 Å². The van der Waals surface area contributed by atoms with Crippen molar-refractivity contribution in [3.05, 3.63) is 12.2 Å². The largest absolute Gasteiger partial charge is 0.466 e. The predicted octanol–water partition coefficient (Wildman–Crippen LogP) is 19.2. The van der Waals surface area contributed by atoms with Crippen molar-refractivity contribution in [3.8, 4) is 0 Å². The number of rotatable bonds is 58. The number of hydrogen-bond acceptors (Lipinski definition) is 5. The molecule has 6 nitrogen and oxygen atoms in total. The number of carbonyl (C=O) groups is 2. The van der Waals surface area contributed by atoms with Gasteiger partial charge in [0.05, 0.1) is 25.4 Å². The van der Waals surface area contributed by atoms with Gasteiger partial charge < -0.3 is 20.3 Å². The van der Waals surface area contributed by atoms with Crippen LogP contribution in [0.1, 0.15) is 348 Å². The van der Waals surface area contributed by atoms with Crippen molar-refractivity contribution in [2.24, 2.45) is 0 Å². The average molecular weight is 961 g/mol. The van der Waals surface area contributed by atoms with E-state index in [1.807, 2.05) is 0 Å². The summed E-state index contributed by atoms with van der Waals surface area (Å²) in [6.45, 7) is 4.97. The van der Waals surface area contributed by atoms with Crippen LogP contribution in [0.2, 0.25) is 0 Å². The van der Waals surface area contributed by atoms with Crippen molar-refractivity contribution in [2.45, 2.75) is 360 Å². The van der Waals surface area contributed by atoms with Gasteiger partial charge in [-0.3, -0.25) is 9.59 Å². The molecule has 0 aliphatic rings. The third-order valence-electron chi connectivity index (χ3n) is 14.6. The summed E-state index contributed by atoms with van der Waals surface area (Å²) in [5.41, 5.74) is 0. The third-order valence-corrected chi connectivity index (χ3v) is 14.6. The van der Waals surface area contributed by atoms with Gasteiger partial charge in [0.2, 0.25) is 5.91 Å². The average Bonchev–Trinajstić information content (AvgIpc) is 3.34. The lowest BCUT2D eigenvalue weighted by atomic mass is 10.0. The van der Waals surface area contributed by atoms with Crippen LogP contribution < -0.4 is 5.32 Å². The molecule has 0 bridgehead atoms. The molecule has 0 spiro atoms. The second kappa shape index (κ2) is 58.2. The Balaban J connectivity index is 3.39. The molecule has 0 aromatic carbocycles. The molecule has 0 aromatic rings. The fraction of sp³-hybridized carbons (Fsp3) is 0.935. The Hall–Kier alpha value is -1.40. The second-order valence-corrected chi connectivity index (χ2v) is 21.4. The molecule has 2 atom stereocenters. The maximum absolute atomic E-state index is 12.5. The molecule has 0 fully saturated rings. The summed E-state index contributed by atoms with van der Waals surface area (Å²) >= 11 is 0. The maximum atomic E-state index is 12.5. The van der Waals surface area contributed by atoms with Gasteiger partial charge in [0, 0.05) is 12.8 Å². The first kappa shape index (κ1) is 66.6. The number of carbonyl (C=O) groups excluding carboxylic acids is 2. The Labute approximate surface area is 425 Å². The predicted molar refractivity (Wildman–Crippen MR) is 297 cm³/mol. The molecule has 0 aliphatic heterocycles. The minimum absolute atomic E-state index is 0.0144. The van der Waals surface area contributed by atoms with E-state index in [0.717, 1.165) is 38.5 Å². The lowest BCUT2D eigenvalue weighted by Crippen LogP contribution is -2.45. The molecule has 404 valence electrons. The summed E-state index contributed by atoms with van der Waals surface area (Å²) in [6, 6.07) is -0.545. The molecule has 2 unspecified atom stereocenters. The van der Waals surface area contributed by atoms with Crippen LogP contribution in [-0.4, -0.2) is 47.4 Å². The van der Waals surface area contributed by atoms with E-state index in [9.17, 15) is 19.8 Å². The molecule has 0 rings (SSSR count). The summed E-state index contributed by atoms with van der Waals surface area (Å²) in [4.78, 5) is 24.5. The van der Waals surface area contributed by atoms with Crippen molar-refractivity contribution in [1.82, 2.24) is 5.32 Å². The Kier molecular flexibility index (Phi) is 57.0. The number of aliphatic hydroxyl groups is 2. The number of aliphatic hydroxyl groups excluding tert-OH is 2. The van der Waals surface area contributed by atoms with Gasteiger partial charge in [0.15, 0.2) is 0 Å². The molecule has 0 radical (unpaired) electrons. The van der Waals surface area contributed by atoms with E-state index in [-0.39, 0.29) is 18.5 Å². The highest BCUT2D eigenvalue weighted by Crippen LogP contribution is 2.18. The van der Waals surface area contributed by atoms with E-state index in [2.05, 4.69) is 31.3 Å². The van der Waals surface area contributed by atoms with Gasteiger partial charge in [-0.05, 0) is 51.4 Å². The van der Waals surface area contributed by atoms with Crippen LogP contribution in [0, 0.1) is 0 Å². The summed E-state index contributed by atoms with van der Waals surface area (Å²) in [7, 11) is 0. The Morgan fingerprint density at radius 2 is 0.691 bits per heavy atom. The highest BCUT2D eigenvalue weighted by Gasteiger charge is 2.20. The fourth-order valence-corrected chi connectivity index (χ4v) is 9.81. The van der Waals surface area contributed by atoms with E-state index in [4.69, 9.17) is 4.74 Å². The van der Waals surface area contributed by atoms with Crippen molar-refractivity contribution in [2.75, 3.05) is 13.2 Å². The molecule has 3 N–H and O–H groups in total. The number of nitrogens with one attached hydrogen (secondary N) is 1. The fourth-order valence-electron chi connectivity index (χ4n) is 9.81. The molecule has 0 saturated heterocycles. The zero-order chi connectivity index (χ0) is 49.3. The molecule has 0 aromatic heterocycles. The first-order chi connectivity index (χ1) is 33.5. The van der Waals surface area contributed by atoms with Crippen LogP contribution in [-0.2, 0) is 14.3 Å². The standard InChI is InChI=1S/C62H121NO5/c1-3-5-7-9-11-13-15-17-30-34-38-42-46-50-54-60(65)59(58-64)63-61(66)55-51-47-43-39-35-31-28-26-24-22-20-19-21-23-25-27-29-33-37-41-45-49-53-57-68-62(67)56-52-48-44-40-36-32-18-16-14-12-10-8-6-4-2/h22,24,59-60,64-65H,3-21,23,25-58H2,1-2H3,(H,63,66)/b24-22-. The van der Waals surface area contributed by atoms with Gasteiger partial charge in [-0.15, -0.1) is 0 Å². The third kappa shape index (κ3) is 53.9. The highest BCUT2D eigenvalue weighted by molar-refractivity contribution is 5.76. The molecule has 1 amide bonds. The maximum Gasteiger partial charge on any atom is 0.305 e. The lowest BCUT2D eigenvalue weighted by molar-refractivity contribution is -0.143. The summed E-state index contributed by atoms with van der Waals surface area (Å²) in [5, 5.41) is 23.3. The van der Waals surface area contributed by atoms with E-state index >= 15 is 0 Å². The van der Waals surface area contributed by atoms with Gasteiger partial charge in [-0.1, -0.05) is 296 Å². The minimum atomic E-state index is -0.667. The quantitative estimate of drug-likeness (QED) is 0.0321. The zero-order valence-corrected chi connectivity index (χ0v) is 46.1. The van der Waals surface area contributed by atoms with E-state index < -0.39 is 12.1 Å². The van der Waals surface area contributed by atoms with Gasteiger partial charge in [0.25, 0.3) is 0 Å². The van der Waals surface area contributed by atoms with Crippen molar-refractivity contribution < 1.29 is 24.5 Å². The monoisotopic (exact) mass is 960 g/mol. The van der Waals surface area contributed by atoms with Crippen LogP contribution in [0.5, 0.6) is 0 Å².